The molecule has 0 fully saturated rings. The first-order valence-corrected chi connectivity index (χ1v) is 11.8. The maximum atomic E-state index is 4.94. The molecule has 0 unspecified atom stereocenters. The van der Waals surface area contributed by atoms with E-state index in [0.29, 0.717) is 0 Å². The lowest BCUT2D eigenvalue weighted by molar-refractivity contribution is 0.179. The molecule has 0 amide bonds. The summed E-state index contributed by atoms with van der Waals surface area (Å²) in [6, 6.07) is 0. The molecule has 0 spiro atoms. The van der Waals surface area contributed by atoms with Crippen LogP contribution in [0.4, 0.5) is 0 Å². The molecule has 0 radical (unpaired) electrons. The van der Waals surface area contributed by atoms with Crippen molar-refractivity contribution in [1.82, 2.24) is 238 Å². The summed E-state index contributed by atoms with van der Waals surface area (Å²) >= 11 is 0. The largest absolute Gasteiger partial charge is 0.257 e. The van der Waals surface area contributed by atoms with Gasteiger partial charge in [0.1, 0.15) is 0 Å². The van der Waals surface area contributed by atoms with Gasteiger partial charge in [-0.1, -0.05) is 6.92 Å². The normalized spacial score (nSPS) is 11.6. The lowest BCUT2D eigenvalue weighted by atomic mass is 10.8. The molecular weight excluding hydrogens is 640 g/mol. The Labute approximate surface area is 258 Å². The van der Waals surface area contributed by atoms with Crippen LogP contribution in [0, 0.1) is 0 Å². The summed E-state index contributed by atoms with van der Waals surface area (Å²) < 4.78 is 0. The van der Waals surface area contributed by atoms with Crippen LogP contribution in [0.5, 0.6) is 0 Å². The molecule has 278 valence electrons. The molecule has 45 N–H and O–H groups in total. The summed E-state index contributed by atoms with van der Waals surface area (Å²) in [5.74, 6) is 4.94. The van der Waals surface area contributed by atoms with Gasteiger partial charge in [0.2, 0.25) is 0 Å². The first-order valence-electron chi connectivity index (χ1n) is 11.8. The van der Waals surface area contributed by atoms with E-state index in [-0.39, 0.29) is 0 Å². The van der Waals surface area contributed by atoms with Gasteiger partial charge in [0.25, 0.3) is 0 Å². The lowest BCUT2D eigenvalue weighted by Crippen LogP contribution is -2.70. The van der Waals surface area contributed by atoms with E-state index in [4.69, 9.17) is 5.84 Å². The Morgan fingerprint density at radius 1 is 0.217 bits per heavy atom. The zero-order valence-corrected chi connectivity index (χ0v) is 23.8. The van der Waals surface area contributed by atoms with Gasteiger partial charge in [-0.15, -0.1) is 0 Å². The van der Waals surface area contributed by atoms with Crippen molar-refractivity contribution in [3.05, 3.63) is 0 Å². The van der Waals surface area contributed by atoms with E-state index in [0.717, 1.165) is 6.54 Å². The first kappa shape index (κ1) is 44.2. The molecule has 44 heteroatoms. The third-order valence-electron chi connectivity index (χ3n) is 2.84. The van der Waals surface area contributed by atoms with Gasteiger partial charge in [-0.3, -0.25) is 5.84 Å². The van der Waals surface area contributed by atoms with Crippen LogP contribution in [0.25, 0.3) is 0 Å². The van der Waals surface area contributed by atoms with E-state index < -0.39 is 0 Å². The summed E-state index contributed by atoms with van der Waals surface area (Å²) in [7, 11) is 0. The number of nitrogens with two attached hydrogens (primary N) is 1. The molecule has 0 aromatic carbocycles. The number of hydrogen-bond donors (Lipinski definition) is 44. The summed E-state index contributed by atoms with van der Waals surface area (Å²) in [6.07, 6.45) is 0. The molecule has 46 heavy (non-hydrogen) atoms. The van der Waals surface area contributed by atoms with Gasteiger partial charge >= 0.3 is 0 Å². The van der Waals surface area contributed by atoms with Crippen LogP contribution in [-0.2, 0) is 0 Å². The van der Waals surface area contributed by atoms with E-state index >= 15 is 0 Å². The number of nitrogens with one attached hydrogen (secondary N) is 43. The van der Waals surface area contributed by atoms with Gasteiger partial charge < -0.3 is 0 Å². The Morgan fingerprint density at radius 3 is 0.478 bits per heavy atom. The Balaban J connectivity index is 3.03. The minimum absolute atomic E-state index is 0.751. The molecule has 0 aliphatic heterocycles. The third-order valence-corrected chi connectivity index (χ3v) is 2.84. The van der Waals surface area contributed by atoms with Crippen LogP contribution >= 0.6 is 0 Å². The summed E-state index contributed by atoms with van der Waals surface area (Å²) in [4.78, 5) is 0. The second-order valence-electron chi connectivity index (χ2n) is 5.80. The van der Waals surface area contributed by atoms with Crippen molar-refractivity contribution in [1.29, 1.82) is 0 Å². The van der Waals surface area contributed by atoms with Crippen LogP contribution in [0.2, 0.25) is 0 Å². The first-order chi connectivity index (χ1) is 22.9. The van der Waals surface area contributed by atoms with Crippen molar-refractivity contribution < 1.29 is 0 Å². The van der Waals surface area contributed by atoms with Gasteiger partial charge in [-0.2, -0.15) is 232 Å². The number of hydrogen-bond acceptors (Lipinski definition) is 44. The van der Waals surface area contributed by atoms with E-state index in [2.05, 4.69) is 238 Å². The zero-order chi connectivity index (χ0) is 33.1. The average Bonchev–Trinajstić information content (AvgIpc) is 3.07. The van der Waals surface area contributed by atoms with Gasteiger partial charge in [-0.25, -0.2) is 5.43 Å². The van der Waals surface area contributed by atoms with Gasteiger partial charge in [0, 0.05) is 6.54 Å². The summed E-state index contributed by atoms with van der Waals surface area (Å²) in [6.45, 7) is 2.69. The fraction of sp³-hybridized carbons (Fsp3) is 1.00. The van der Waals surface area contributed by atoms with Crippen LogP contribution in [0.3, 0.4) is 0 Å². The molecule has 0 saturated carbocycles. The van der Waals surface area contributed by atoms with Gasteiger partial charge in [0.15, 0.2) is 0 Å². The highest BCUT2D eigenvalue weighted by atomic mass is 16.0. The van der Waals surface area contributed by atoms with Gasteiger partial charge in [0.05, 0.1) is 0 Å². The monoisotopic (exact) mass is 691 g/mol. The van der Waals surface area contributed by atoms with Crippen molar-refractivity contribution in [3.8, 4) is 0 Å². The predicted molar refractivity (Wildman–Crippen MR) is 150 cm³/mol. The topological polar surface area (TPSA) is 543 Å². The fourth-order valence-electron chi connectivity index (χ4n) is 1.39. The Morgan fingerprint density at radius 2 is 0.348 bits per heavy atom. The Kier molecular flexibility index (Phi) is 41.6. The number of hydrazine groups is 43. The van der Waals surface area contributed by atoms with Gasteiger partial charge in [-0.05, 0) is 0 Å². The minimum Gasteiger partial charge on any atom is -0.257 e. The maximum Gasteiger partial charge on any atom is 0.00850 e. The standard InChI is InChI=1S/C2H50N44/c1-2-4-6-8-10-12-14-16-18-20-22-24-26-28-30-32-34-36-38-40-42-44-46-45-43-41-39-37-35-33-31-29-27-25-23-21-19-17-15-13-11-9-7-5-3/h4-46H,2-3H2,1H3. The zero-order valence-electron chi connectivity index (χ0n) is 23.8. The molecule has 0 aliphatic rings. The predicted octanol–water partition coefficient (Wildman–Crippen LogP) is -21.3. The molecule has 0 atom stereocenters. The molecule has 0 aromatic heterocycles. The third kappa shape index (κ3) is 42.2. The van der Waals surface area contributed by atoms with E-state index in [1.54, 1.807) is 0 Å². The Hall–Kier alpha value is -1.76. The SMILES string of the molecule is CCNNNNNNNNNNNNNNNNNNNNNNNNNNNNNNNNNNNNNNNNNNNN. The number of rotatable bonds is 43. The van der Waals surface area contributed by atoms with E-state index in [1.807, 2.05) is 6.92 Å². The molecule has 0 heterocycles. The quantitative estimate of drug-likeness (QED) is 0.0160. The second-order valence-corrected chi connectivity index (χ2v) is 5.80. The van der Waals surface area contributed by atoms with E-state index in [9.17, 15) is 0 Å². The minimum atomic E-state index is 0.751. The molecule has 0 aliphatic carbocycles. The second kappa shape index (κ2) is 43.2. The van der Waals surface area contributed by atoms with E-state index in [1.165, 1.54) is 0 Å². The van der Waals surface area contributed by atoms with Crippen LogP contribution in [0.15, 0.2) is 0 Å². The van der Waals surface area contributed by atoms with Crippen molar-refractivity contribution >= 4 is 0 Å². The summed E-state index contributed by atoms with van der Waals surface area (Å²) in [5.41, 5.74) is 107. The Bertz CT molecular complexity index is 448. The smallest absolute Gasteiger partial charge is 0.00850 e. The molecule has 0 bridgehead atoms. The molecule has 0 saturated heterocycles. The summed E-state index contributed by atoms with van der Waals surface area (Å²) in [5, 5.41) is 0. The average molecular weight is 691 g/mol. The highest BCUT2D eigenvalue weighted by Gasteiger charge is 1.87. The highest BCUT2D eigenvalue weighted by molar-refractivity contribution is 4.22. The van der Waals surface area contributed by atoms with Crippen molar-refractivity contribution in [2.24, 2.45) is 5.84 Å². The van der Waals surface area contributed by atoms with Crippen LogP contribution in [-0.4, -0.2) is 6.54 Å². The lowest BCUT2D eigenvalue weighted by Gasteiger charge is -2.16. The molecule has 0 aromatic rings. The molecule has 44 nitrogen and oxygen atoms in total. The fourth-order valence-corrected chi connectivity index (χ4v) is 1.39. The highest BCUT2D eigenvalue weighted by Crippen LogP contribution is 1.38. The van der Waals surface area contributed by atoms with Crippen molar-refractivity contribution in [3.63, 3.8) is 0 Å². The van der Waals surface area contributed by atoms with Crippen LogP contribution < -0.4 is 244 Å². The molecular formula is C2H50N44. The maximum absolute atomic E-state index is 4.94. The van der Waals surface area contributed by atoms with Crippen LogP contribution in [0.1, 0.15) is 6.92 Å². The molecule has 0 rings (SSSR count). The van der Waals surface area contributed by atoms with Crippen molar-refractivity contribution in [2.45, 2.75) is 6.92 Å². The van der Waals surface area contributed by atoms with Crippen molar-refractivity contribution in [2.75, 3.05) is 6.54 Å².